The van der Waals surface area contributed by atoms with Gasteiger partial charge < -0.3 is 9.73 Å². The molecule has 64 heavy (non-hydrogen) atoms. The molecule has 6 nitrogen and oxygen atoms in total. The number of nitrogens with zero attached hydrogens (tertiary/aromatic N) is 4. The fourth-order valence-corrected chi connectivity index (χ4v) is 8.81. The summed E-state index contributed by atoms with van der Waals surface area (Å²) in [5.74, 6) is 1.75. The van der Waals surface area contributed by atoms with Crippen molar-refractivity contribution < 1.29 is 4.42 Å². The third-order valence-corrected chi connectivity index (χ3v) is 11.9. The normalized spacial score (nSPS) is 11.4. The first kappa shape index (κ1) is 37.1. The van der Waals surface area contributed by atoms with Crippen LogP contribution in [0.5, 0.6) is 0 Å². The molecule has 12 aromatic rings. The Morgan fingerprint density at radius 3 is 1.58 bits per heavy atom. The van der Waals surface area contributed by atoms with E-state index in [0.717, 1.165) is 105 Å². The number of nitrogens with one attached hydrogen (secondary N) is 1. The lowest BCUT2D eigenvalue weighted by atomic mass is 9.93. The molecule has 0 amide bonds. The van der Waals surface area contributed by atoms with E-state index in [9.17, 15) is 0 Å². The fourth-order valence-electron chi connectivity index (χ4n) is 8.81. The van der Waals surface area contributed by atoms with Crippen LogP contribution in [0.3, 0.4) is 0 Å². The predicted molar refractivity (Wildman–Crippen MR) is 262 cm³/mol. The third kappa shape index (κ3) is 6.71. The Hall–Kier alpha value is -8.74. The number of furan rings is 1. The molecule has 6 heteroatoms. The third-order valence-electron chi connectivity index (χ3n) is 11.9. The molecule has 3 aromatic heterocycles. The van der Waals surface area contributed by atoms with Gasteiger partial charge in [0.15, 0.2) is 17.5 Å². The number of aromatic nitrogens is 4. The van der Waals surface area contributed by atoms with Crippen molar-refractivity contribution in [3.8, 4) is 67.7 Å². The average molecular weight is 820 g/mol. The molecule has 0 atom stereocenters. The largest absolute Gasteiger partial charge is 0.455 e. The van der Waals surface area contributed by atoms with Crippen LogP contribution in [0.1, 0.15) is 0 Å². The summed E-state index contributed by atoms with van der Waals surface area (Å²) < 4.78 is 6.45. The van der Waals surface area contributed by atoms with Gasteiger partial charge in [-0.05, 0) is 65.0 Å². The number of hydrogen-bond donors (Lipinski definition) is 1. The minimum Gasteiger partial charge on any atom is -0.455 e. The molecule has 3 heterocycles. The minimum absolute atomic E-state index is 0.575. The molecule has 9 aromatic carbocycles. The van der Waals surface area contributed by atoms with E-state index in [1.165, 1.54) is 0 Å². The fraction of sp³-hybridized carbons (Fsp3) is 0. The van der Waals surface area contributed by atoms with Crippen LogP contribution in [0.25, 0.3) is 111 Å². The van der Waals surface area contributed by atoms with E-state index in [-0.39, 0.29) is 0 Å². The van der Waals surface area contributed by atoms with Gasteiger partial charge in [-0.25, -0.2) is 19.9 Å². The van der Waals surface area contributed by atoms with Crippen LogP contribution in [-0.4, -0.2) is 19.9 Å². The standard InChI is InChI=1S/C58H37N5O/c1-4-17-37(18-5-1)54-50-35-48(52(59-43-25-8-3-9-26-43)36-49(50)45-27-10-12-31-51(45)60-54)40-22-15-24-42(34-40)58-62-56(38-19-6-2-7-20-38)61-57(63-58)41-23-14-21-39(33-41)44-29-16-30-47-46-28-11-13-32-53(46)64-55(44)47/h1-36,59H. The summed E-state index contributed by atoms with van der Waals surface area (Å²) in [4.78, 5) is 20.7. The molecule has 0 fully saturated rings. The number of benzene rings is 9. The first-order valence-electron chi connectivity index (χ1n) is 21.4. The molecule has 0 saturated heterocycles. The maximum absolute atomic E-state index is 6.45. The van der Waals surface area contributed by atoms with E-state index >= 15 is 0 Å². The van der Waals surface area contributed by atoms with Gasteiger partial charge in [-0.1, -0.05) is 170 Å². The van der Waals surface area contributed by atoms with Gasteiger partial charge >= 0.3 is 0 Å². The van der Waals surface area contributed by atoms with Gasteiger partial charge in [-0.3, -0.25) is 0 Å². The van der Waals surface area contributed by atoms with Crippen molar-refractivity contribution >= 4 is 55.0 Å². The van der Waals surface area contributed by atoms with Crippen molar-refractivity contribution in [1.29, 1.82) is 0 Å². The second-order valence-corrected chi connectivity index (χ2v) is 15.9. The first-order valence-corrected chi connectivity index (χ1v) is 21.4. The summed E-state index contributed by atoms with van der Waals surface area (Å²) in [7, 11) is 0. The van der Waals surface area contributed by atoms with Gasteiger partial charge in [-0.15, -0.1) is 0 Å². The molecular formula is C58H37N5O. The van der Waals surface area contributed by atoms with Gasteiger partial charge in [0.25, 0.3) is 0 Å². The second kappa shape index (κ2) is 15.6. The van der Waals surface area contributed by atoms with E-state index in [0.29, 0.717) is 17.5 Å². The number of anilines is 2. The van der Waals surface area contributed by atoms with Crippen LogP contribution >= 0.6 is 0 Å². The molecular weight excluding hydrogens is 783 g/mol. The monoisotopic (exact) mass is 819 g/mol. The van der Waals surface area contributed by atoms with Crippen molar-refractivity contribution in [3.63, 3.8) is 0 Å². The van der Waals surface area contributed by atoms with Crippen LogP contribution in [0.2, 0.25) is 0 Å². The summed E-state index contributed by atoms with van der Waals surface area (Å²) in [6, 6.07) is 75.1. The van der Waals surface area contributed by atoms with Gasteiger partial charge in [-0.2, -0.15) is 0 Å². The molecule has 0 bridgehead atoms. The smallest absolute Gasteiger partial charge is 0.164 e. The second-order valence-electron chi connectivity index (χ2n) is 15.9. The van der Waals surface area contributed by atoms with Gasteiger partial charge in [0, 0.05) is 66.3 Å². The summed E-state index contributed by atoms with van der Waals surface area (Å²) in [6.07, 6.45) is 0. The van der Waals surface area contributed by atoms with Gasteiger partial charge in [0.1, 0.15) is 11.2 Å². The summed E-state index contributed by atoms with van der Waals surface area (Å²) in [5, 5.41) is 9.24. The maximum Gasteiger partial charge on any atom is 0.164 e. The quantitative estimate of drug-likeness (QED) is 0.154. The SMILES string of the molecule is c1ccc(Nc2cc3c(cc2-c2cccc(-c4nc(-c5ccccc5)nc(-c5cccc(-c6cccc7c6oc6ccccc67)c5)n4)c2)c(-c2ccccc2)nc2ccccc23)cc1. The number of pyridine rings is 1. The Bertz CT molecular complexity index is 3700. The predicted octanol–water partition coefficient (Wildman–Crippen LogP) is 15.2. The molecule has 300 valence electrons. The van der Waals surface area contributed by atoms with Crippen LogP contribution in [0.15, 0.2) is 223 Å². The molecule has 0 spiro atoms. The highest BCUT2D eigenvalue weighted by Crippen LogP contribution is 2.42. The van der Waals surface area contributed by atoms with Gasteiger partial charge in [0.05, 0.1) is 11.2 Å². The van der Waals surface area contributed by atoms with E-state index < -0.39 is 0 Å². The van der Waals surface area contributed by atoms with E-state index in [2.05, 4.69) is 145 Å². The van der Waals surface area contributed by atoms with E-state index in [1.807, 2.05) is 78.9 Å². The zero-order chi connectivity index (χ0) is 42.4. The lowest BCUT2D eigenvalue weighted by molar-refractivity contribution is 0.670. The first-order chi connectivity index (χ1) is 31.7. The Balaban J connectivity index is 1.03. The van der Waals surface area contributed by atoms with Crippen molar-refractivity contribution in [1.82, 2.24) is 19.9 Å². The molecule has 0 aliphatic heterocycles. The number of hydrogen-bond acceptors (Lipinski definition) is 6. The summed E-state index contributed by atoms with van der Waals surface area (Å²) in [6.45, 7) is 0. The molecule has 0 aliphatic rings. The minimum atomic E-state index is 0.575. The van der Waals surface area contributed by atoms with E-state index in [1.54, 1.807) is 0 Å². The Morgan fingerprint density at radius 1 is 0.328 bits per heavy atom. The van der Waals surface area contributed by atoms with Crippen molar-refractivity contribution in [2.45, 2.75) is 0 Å². The lowest BCUT2D eigenvalue weighted by Crippen LogP contribution is -2.00. The molecule has 12 rings (SSSR count). The van der Waals surface area contributed by atoms with Crippen LogP contribution in [-0.2, 0) is 0 Å². The lowest BCUT2D eigenvalue weighted by Gasteiger charge is -2.18. The highest BCUT2D eigenvalue weighted by Gasteiger charge is 2.19. The molecule has 1 N–H and O–H groups in total. The van der Waals surface area contributed by atoms with E-state index in [4.69, 9.17) is 24.4 Å². The number of para-hydroxylation sites is 4. The Morgan fingerprint density at radius 2 is 0.859 bits per heavy atom. The number of rotatable bonds is 8. The molecule has 0 radical (unpaired) electrons. The zero-order valence-corrected chi connectivity index (χ0v) is 34.5. The molecule has 0 saturated carbocycles. The average Bonchev–Trinajstić information content (AvgIpc) is 3.76. The van der Waals surface area contributed by atoms with Crippen molar-refractivity contribution in [2.75, 3.05) is 5.32 Å². The zero-order valence-electron chi connectivity index (χ0n) is 34.5. The maximum atomic E-state index is 6.45. The summed E-state index contributed by atoms with van der Waals surface area (Å²) >= 11 is 0. The van der Waals surface area contributed by atoms with Crippen molar-refractivity contribution in [3.05, 3.63) is 218 Å². The van der Waals surface area contributed by atoms with Crippen molar-refractivity contribution in [2.24, 2.45) is 0 Å². The summed E-state index contributed by atoms with van der Waals surface area (Å²) in [5.41, 5.74) is 13.3. The highest BCUT2D eigenvalue weighted by atomic mass is 16.3. The topological polar surface area (TPSA) is 76.7 Å². The number of fused-ring (bicyclic) bond motifs is 6. The Labute approximate surface area is 369 Å². The Kier molecular flexibility index (Phi) is 9.05. The van der Waals surface area contributed by atoms with Crippen LogP contribution < -0.4 is 5.32 Å². The van der Waals surface area contributed by atoms with Crippen LogP contribution in [0, 0.1) is 0 Å². The molecule has 0 unspecified atom stereocenters. The van der Waals surface area contributed by atoms with Gasteiger partial charge in [0.2, 0.25) is 0 Å². The molecule has 0 aliphatic carbocycles. The van der Waals surface area contributed by atoms with Crippen LogP contribution in [0.4, 0.5) is 11.4 Å². The highest BCUT2D eigenvalue weighted by molar-refractivity contribution is 6.14.